The fourth-order valence-electron chi connectivity index (χ4n) is 2.54. The maximum absolute atomic E-state index is 12.1. The van der Waals surface area contributed by atoms with Gasteiger partial charge in [-0.3, -0.25) is 4.79 Å². The van der Waals surface area contributed by atoms with Crippen molar-refractivity contribution in [3.05, 3.63) is 71.8 Å². The van der Waals surface area contributed by atoms with Gasteiger partial charge in [0.25, 0.3) is 5.91 Å². The average molecular weight is 370 g/mol. The minimum Gasteiger partial charge on any atom is -0.492 e. The van der Waals surface area contributed by atoms with Crippen LogP contribution >= 0.6 is 11.6 Å². The maximum Gasteiger partial charge on any atom is 0.260 e. The van der Waals surface area contributed by atoms with Crippen molar-refractivity contribution in [2.45, 2.75) is 13.0 Å². The van der Waals surface area contributed by atoms with Crippen molar-refractivity contribution in [2.75, 3.05) is 13.2 Å². The molecule has 3 rings (SSSR count). The second-order valence-electron chi connectivity index (χ2n) is 5.87. The quantitative estimate of drug-likeness (QED) is 0.626. The van der Waals surface area contributed by atoms with E-state index in [9.17, 15) is 4.79 Å². The highest BCUT2D eigenvalue weighted by Crippen LogP contribution is 2.20. The van der Waals surface area contributed by atoms with Gasteiger partial charge in [-0.2, -0.15) is 0 Å². The summed E-state index contributed by atoms with van der Waals surface area (Å²) in [5.74, 6) is 1.14. The van der Waals surface area contributed by atoms with E-state index < -0.39 is 6.10 Å². The smallest absolute Gasteiger partial charge is 0.260 e. The number of amides is 1. The Morgan fingerprint density at radius 3 is 2.62 bits per heavy atom. The Morgan fingerprint density at radius 2 is 1.81 bits per heavy atom. The minimum atomic E-state index is -0.617. The summed E-state index contributed by atoms with van der Waals surface area (Å²) in [5.41, 5.74) is 0. The van der Waals surface area contributed by atoms with Gasteiger partial charge in [0.1, 0.15) is 18.1 Å². The lowest BCUT2D eigenvalue weighted by Gasteiger charge is -2.15. The Bertz CT molecular complexity index is 897. The molecule has 0 unspecified atom stereocenters. The summed E-state index contributed by atoms with van der Waals surface area (Å²) < 4.78 is 11.3. The number of hydrogen-bond donors (Lipinski definition) is 1. The number of benzene rings is 3. The van der Waals surface area contributed by atoms with Crippen LogP contribution in [0.1, 0.15) is 6.92 Å². The molecule has 3 aromatic carbocycles. The molecule has 0 saturated heterocycles. The molecular weight excluding hydrogens is 350 g/mol. The molecule has 1 amide bonds. The van der Waals surface area contributed by atoms with Gasteiger partial charge in [-0.25, -0.2) is 0 Å². The third-order valence-corrected chi connectivity index (χ3v) is 4.10. The normalized spacial score (nSPS) is 11.8. The van der Waals surface area contributed by atoms with Gasteiger partial charge < -0.3 is 14.8 Å². The second kappa shape index (κ2) is 8.59. The van der Waals surface area contributed by atoms with Crippen LogP contribution in [0.15, 0.2) is 66.7 Å². The molecule has 0 radical (unpaired) electrons. The molecule has 0 bridgehead atoms. The molecule has 0 spiro atoms. The van der Waals surface area contributed by atoms with Crippen LogP contribution in [0.5, 0.6) is 11.5 Å². The van der Waals surface area contributed by atoms with Crippen LogP contribution in [0, 0.1) is 0 Å². The summed E-state index contributed by atoms with van der Waals surface area (Å²) in [7, 11) is 0. The third kappa shape index (κ3) is 4.90. The van der Waals surface area contributed by atoms with Crippen LogP contribution in [0.2, 0.25) is 5.02 Å². The number of rotatable bonds is 7. The summed E-state index contributed by atoms with van der Waals surface area (Å²) in [4.78, 5) is 12.1. The van der Waals surface area contributed by atoms with Crippen molar-refractivity contribution in [1.29, 1.82) is 0 Å². The van der Waals surface area contributed by atoms with E-state index in [4.69, 9.17) is 21.1 Å². The van der Waals surface area contributed by atoms with Gasteiger partial charge in [-0.05, 0) is 48.0 Å². The largest absolute Gasteiger partial charge is 0.492 e. The Balaban J connectivity index is 1.44. The first-order chi connectivity index (χ1) is 12.6. The van der Waals surface area contributed by atoms with Crippen molar-refractivity contribution in [3.8, 4) is 11.5 Å². The van der Waals surface area contributed by atoms with Crippen molar-refractivity contribution in [2.24, 2.45) is 0 Å². The highest BCUT2D eigenvalue weighted by molar-refractivity contribution is 6.30. The molecule has 0 saturated carbocycles. The van der Waals surface area contributed by atoms with Crippen LogP contribution < -0.4 is 14.8 Å². The average Bonchev–Trinajstić information content (AvgIpc) is 2.65. The van der Waals surface area contributed by atoms with E-state index in [-0.39, 0.29) is 5.91 Å². The molecule has 1 N–H and O–H groups in total. The van der Waals surface area contributed by atoms with Gasteiger partial charge >= 0.3 is 0 Å². The molecule has 5 heteroatoms. The van der Waals surface area contributed by atoms with Crippen LogP contribution in [0.4, 0.5) is 0 Å². The Hall–Kier alpha value is -2.72. The Kier molecular flexibility index (Phi) is 5.97. The zero-order valence-electron chi connectivity index (χ0n) is 14.4. The van der Waals surface area contributed by atoms with Crippen LogP contribution in [0.25, 0.3) is 10.8 Å². The van der Waals surface area contributed by atoms with E-state index in [1.54, 1.807) is 31.2 Å². The SMILES string of the molecule is C[C@@H](Oc1cccc(Cl)c1)C(=O)NCCOc1ccc2ccccc2c1. The summed E-state index contributed by atoms with van der Waals surface area (Å²) in [6.07, 6.45) is -0.617. The molecule has 0 aromatic heterocycles. The lowest BCUT2D eigenvalue weighted by atomic mass is 10.1. The van der Waals surface area contributed by atoms with Gasteiger partial charge in [0.2, 0.25) is 0 Å². The molecule has 0 aliphatic rings. The standard InChI is InChI=1S/C21H20ClNO3/c1-15(26-20-8-4-7-18(22)14-20)21(24)23-11-12-25-19-10-9-16-5-2-3-6-17(16)13-19/h2-10,13-15H,11-12H2,1H3,(H,23,24)/t15-/m1/s1. The monoisotopic (exact) mass is 369 g/mol. The van der Waals surface area contributed by atoms with Crippen molar-refractivity contribution < 1.29 is 14.3 Å². The predicted octanol–water partition coefficient (Wildman–Crippen LogP) is 4.46. The first-order valence-corrected chi connectivity index (χ1v) is 8.81. The van der Waals surface area contributed by atoms with Crippen LogP contribution in [-0.2, 0) is 4.79 Å². The maximum atomic E-state index is 12.1. The zero-order chi connectivity index (χ0) is 18.4. The summed E-state index contributed by atoms with van der Waals surface area (Å²) in [6, 6.07) is 21.0. The molecule has 0 aliphatic carbocycles. The van der Waals surface area contributed by atoms with Crippen molar-refractivity contribution >= 4 is 28.3 Å². The number of carbonyl (C=O) groups excluding carboxylic acids is 1. The molecule has 1 atom stereocenters. The van der Waals surface area contributed by atoms with E-state index in [0.717, 1.165) is 11.1 Å². The molecule has 3 aromatic rings. The fourth-order valence-corrected chi connectivity index (χ4v) is 2.72. The lowest BCUT2D eigenvalue weighted by Crippen LogP contribution is -2.38. The van der Waals surface area contributed by atoms with Crippen LogP contribution in [0.3, 0.4) is 0 Å². The van der Waals surface area contributed by atoms with Gasteiger partial charge in [0.05, 0.1) is 6.54 Å². The summed E-state index contributed by atoms with van der Waals surface area (Å²) in [5, 5.41) is 5.66. The van der Waals surface area contributed by atoms with E-state index in [1.165, 1.54) is 5.39 Å². The third-order valence-electron chi connectivity index (χ3n) is 3.87. The van der Waals surface area contributed by atoms with Gasteiger partial charge in [0.15, 0.2) is 6.10 Å². The summed E-state index contributed by atoms with van der Waals surface area (Å²) in [6.45, 7) is 2.48. The number of hydrogen-bond acceptors (Lipinski definition) is 3. The van der Waals surface area contributed by atoms with Gasteiger partial charge in [-0.1, -0.05) is 48.0 Å². The molecular formula is C21H20ClNO3. The van der Waals surface area contributed by atoms with Crippen molar-refractivity contribution in [3.63, 3.8) is 0 Å². The number of fused-ring (bicyclic) bond motifs is 1. The first kappa shape index (κ1) is 18.1. The van der Waals surface area contributed by atoms with Gasteiger partial charge in [0, 0.05) is 5.02 Å². The zero-order valence-corrected chi connectivity index (χ0v) is 15.2. The molecule has 0 heterocycles. The number of ether oxygens (including phenoxy) is 2. The first-order valence-electron chi connectivity index (χ1n) is 8.43. The van der Waals surface area contributed by atoms with E-state index in [1.807, 2.05) is 36.4 Å². The molecule has 134 valence electrons. The highest BCUT2D eigenvalue weighted by atomic mass is 35.5. The fraction of sp³-hybridized carbons (Fsp3) is 0.190. The number of nitrogens with one attached hydrogen (secondary N) is 1. The lowest BCUT2D eigenvalue weighted by molar-refractivity contribution is -0.127. The Morgan fingerprint density at radius 1 is 1.00 bits per heavy atom. The molecule has 4 nitrogen and oxygen atoms in total. The van der Waals surface area contributed by atoms with E-state index in [2.05, 4.69) is 11.4 Å². The van der Waals surface area contributed by atoms with Crippen molar-refractivity contribution in [1.82, 2.24) is 5.32 Å². The second-order valence-corrected chi connectivity index (χ2v) is 6.30. The van der Waals surface area contributed by atoms with E-state index in [0.29, 0.717) is 23.9 Å². The van der Waals surface area contributed by atoms with Crippen LogP contribution in [-0.4, -0.2) is 25.2 Å². The van der Waals surface area contributed by atoms with Gasteiger partial charge in [-0.15, -0.1) is 0 Å². The summed E-state index contributed by atoms with van der Waals surface area (Å²) >= 11 is 5.91. The molecule has 0 aliphatic heterocycles. The highest BCUT2D eigenvalue weighted by Gasteiger charge is 2.14. The predicted molar refractivity (Wildman–Crippen MR) is 104 cm³/mol. The molecule has 26 heavy (non-hydrogen) atoms. The minimum absolute atomic E-state index is 0.202. The van der Waals surface area contributed by atoms with E-state index >= 15 is 0 Å². The topological polar surface area (TPSA) is 47.6 Å². The number of halogens is 1. The molecule has 0 fully saturated rings. The Labute approximate surface area is 157 Å². The number of carbonyl (C=O) groups is 1.